The van der Waals surface area contributed by atoms with Crippen LogP contribution in [0, 0.1) is 6.92 Å². The number of nitrogens with zero attached hydrogens (tertiary/aromatic N) is 2. The predicted molar refractivity (Wildman–Crippen MR) is 285 cm³/mol. The maximum absolute atomic E-state index is 2.62. The van der Waals surface area contributed by atoms with Crippen LogP contribution in [0.25, 0.3) is 22.3 Å². The van der Waals surface area contributed by atoms with Gasteiger partial charge in [0.15, 0.2) is 0 Å². The van der Waals surface area contributed by atoms with E-state index in [1.54, 1.807) is 11.1 Å². The van der Waals surface area contributed by atoms with Gasteiger partial charge in [0.2, 0.25) is 0 Å². The summed E-state index contributed by atoms with van der Waals surface area (Å²) in [6.07, 6.45) is 25.6. The normalized spacial score (nSPS) is 12.6. The molecule has 0 atom stereocenters. The van der Waals surface area contributed by atoms with E-state index in [9.17, 15) is 0 Å². The van der Waals surface area contributed by atoms with Crippen molar-refractivity contribution in [2.45, 2.75) is 168 Å². The van der Waals surface area contributed by atoms with Gasteiger partial charge in [-0.3, -0.25) is 0 Å². The zero-order valence-corrected chi connectivity index (χ0v) is 41.2. The Morgan fingerprint density at radius 1 is 0.369 bits per heavy atom. The molecule has 0 spiro atoms. The van der Waals surface area contributed by atoms with Gasteiger partial charge in [0, 0.05) is 40.9 Å². The molecule has 0 heterocycles. The summed E-state index contributed by atoms with van der Waals surface area (Å²) in [6.45, 7) is 11.5. The summed E-state index contributed by atoms with van der Waals surface area (Å²) in [5.41, 5.74) is 18.8. The molecule has 342 valence electrons. The minimum absolute atomic E-state index is 0.0278. The lowest BCUT2D eigenvalue weighted by Crippen LogP contribution is -2.26. The van der Waals surface area contributed by atoms with E-state index in [4.69, 9.17) is 0 Å². The first kappa shape index (κ1) is 47.9. The second kappa shape index (κ2) is 23.9. The van der Waals surface area contributed by atoms with Gasteiger partial charge in [-0.2, -0.15) is 0 Å². The molecule has 6 aromatic carbocycles. The van der Waals surface area contributed by atoms with Crippen LogP contribution in [-0.2, 0) is 18.3 Å². The monoisotopic (exact) mass is 865 g/mol. The van der Waals surface area contributed by atoms with Gasteiger partial charge in [-0.1, -0.05) is 196 Å². The SMILES string of the molecule is CCCCCCCCC1(CCCCCCCC)c2cc(C)ccc2-c2ccc(N(c3ccc(CCCC)cc3)c3ccc(-c4ccc(N(C)c5ccc(CCCC)cc5)cc4)cc3)cc21. The molecule has 0 aliphatic heterocycles. The maximum Gasteiger partial charge on any atom is 0.0465 e. The number of hydrogen-bond donors (Lipinski definition) is 0. The zero-order chi connectivity index (χ0) is 45.4. The number of anilines is 5. The number of hydrogen-bond acceptors (Lipinski definition) is 2. The van der Waals surface area contributed by atoms with Crippen molar-refractivity contribution in [1.29, 1.82) is 0 Å². The average molecular weight is 865 g/mol. The van der Waals surface area contributed by atoms with Crippen molar-refractivity contribution >= 4 is 28.4 Å². The number of aryl methyl sites for hydroxylation is 3. The van der Waals surface area contributed by atoms with E-state index in [2.05, 4.69) is 185 Å². The molecule has 1 aliphatic rings. The smallest absolute Gasteiger partial charge is 0.0465 e. The summed E-state index contributed by atoms with van der Waals surface area (Å²) in [7, 11) is 2.17. The van der Waals surface area contributed by atoms with E-state index in [0.717, 1.165) is 12.8 Å². The van der Waals surface area contributed by atoms with Crippen molar-refractivity contribution in [3.8, 4) is 22.3 Å². The Balaban J connectivity index is 1.22. The van der Waals surface area contributed by atoms with Crippen LogP contribution in [0.1, 0.15) is 171 Å². The van der Waals surface area contributed by atoms with Gasteiger partial charge in [0.1, 0.15) is 0 Å². The average Bonchev–Trinajstić information content (AvgIpc) is 3.60. The fraction of sp³-hybridized carbons (Fsp3) is 0.429. The first-order chi connectivity index (χ1) is 31.9. The summed E-state index contributed by atoms with van der Waals surface area (Å²) in [6, 6.07) is 51.7. The van der Waals surface area contributed by atoms with Gasteiger partial charge >= 0.3 is 0 Å². The molecule has 0 fully saturated rings. The molecule has 0 amide bonds. The van der Waals surface area contributed by atoms with Gasteiger partial charge in [-0.25, -0.2) is 0 Å². The van der Waals surface area contributed by atoms with Crippen molar-refractivity contribution in [1.82, 2.24) is 0 Å². The van der Waals surface area contributed by atoms with Crippen molar-refractivity contribution < 1.29 is 0 Å². The molecule has 7 rings (SSSR count). The molecular weight excluding hydrogens is 785 g/mol. The van der Waals surface area contributed by atoms with Crippen LogP contribution in [0.4, 0.5) is 28.4 Å². The molecule has 0 saturated heterocycles. The molecule has 6 aromatic rings. The second-order valence-electron chi connectivity index (χ2n) is 19.4. The van der Waals surface area contributed by atoms with Crippen LogP contribution in [0.3, 0.4) is 0 Å². The van der Waals surface area contributed by atoms with Gasteiger partial charge in [0.25, 0.3) is 0 Å². The van der Waals surface area contributed by atoms with Crippen LogP contribution in [0.2, 0.25) is 0 Å². The minimum atomic E-state index is 0.0278. The number of fused-ring (bicyclic) bond motifs is 3. The first-order valence-corrected chi connectivity index (χ1v) is 26.1. The molecule has 2 nitrogen and oxygen atoms in total. The molecule has 0 saturated carbocycles. The molecular formula is C63H80N2. The lowest BCUT2D eigenvalue weighted by atomic mass is 9.70. The van der Waals surface area contributed by atoms with Crippen molar-refractivity contribution in [2.24, 2.45) is 0 Å². The summed E-state index contributed by atoms with van der Waals surface area (Å²) in [5, 5.41) is 0. The quantitative estimate of drug-likeness (QED) is 0.0501. The summed E-state index contributed by atoms with van der Waals surface area (Å²) in [4.78, 5) is 4.81. The topological polar surface area (TPSA) is 6.48 Å². The number of benzene rings is 6. The van der Waals surface area contributed by atoms with Crippen LogP contribution in [-0.4, -0.2) is 7.05 Å². The van der Waals surface area contributed by atoms with E-state index in [-0.39, 0.29) is 5.41 Å². The third-order valence-corrected chi connectivity index (χ3v) is 14.5. The van der Waals surface area contributed by atoms with Crippen molar-refractivity contribution in [2.75, 3.05) is 16.8 Å². The Kier molecular flexibility index (Phi) is 17.6. The van der Waals surface area contributed by atoms with E-state index >= 15 is 0 Å². The van der Waals surface area contributed by atoms with Crippen LogP contribution >= 0.6 is 0 Å². The Labute approximate surface area is 395 Å². The van der Waals surface area contributed by atoms with Crippen LogP contribution < -0.4 is 9.80 Å². The highest BCUT2D eigenvalue weighted by Gasteiger charge is 2.42. The summed E-state index contributed by atoms with van der Waals surface area (Å²) < 4.78 is 0. The standard InChI is InChI=1S/C63H80N2/c1-7-11-15-17-19-21-45-63(46-22-20-18-16-12-8-2)61-47-49(5)25-43-59(61)60-44-42-58(48-62(60)63)65(56-36-28-51(29-37-56)24-14-10-4)57-40-32-53(33-41-57)52-30-38-55(39-31-52)64(6)54-34-26-50(27-35-54)23-13-9-3/h25-44,47-48H,7-24,45-46H2,1-6H3. The molecule has 0 bridgehead atoms. The lowest BCUT2D eigenvalue weighted by Gasteiger charge is -2.34. The number of unbranched alkanes of at least 4 members (excludes halogenated alkanes) is 12. The van der Waals surface area contributed by atoms with E-state index < -0.39 is 0 Å². The van der Waals surface area contributed by atoms with Crippen LogP contribution in [0.15, 0.2) is 133 Å². The van der Waals surface area contributed by atoms with Crippen molar-refractivity contribution in [3.05, 3.63) is 161 Å². The van der Waals surface area contributed by atoms with Crippen molar-refractivity contribution in [3.63, 3.8) is 0 Å². The predicted octanol–water partition coefficient (Wildman–Crippen LogP) is 19.4. The van der Waals surface area contributed by atoms with E-state index in [0.29, 0.717) is 0 Å². The van der Waals surface area contributed by atoms with Gasteiger partial charge < -0.3 is 9.80 Å². The van der Waals surface area contributed by atoms with Gasteiger partial charge in [-0.15, -0.1) is 0 Å². The Morgan fingerprint density at radius 3 is 1.25 bits per heavy atom. The highest BCUT2D eigenvalue weighted by Crippen LogP contribution is 2.56. The third kappa shape index (κ3) is 11.9. The van der Waals surface area contributed by atoms with Gasteiger partial charge in [-0.05, 0) is 151 Å². The molecule has 0 N–H and O–H groups in total. The third-order valence-electron chi connectivity index (χ3n) is 14.5. The van der Waals surface area contributed by atoms with Gasteiger partial charge in [0.05, 0.1) is 0 Å². The molecule has 0 aromatic heterocycles. The Morgan fingerprint density at radius 2 is 0.754 bits per heavy atom. The molecule has 2 heteroatoms. The molecule has 0 radical (unpaired) electrons. The Hall–Kier alpha value is -5.08. The van der Waals surface area contributed by atoms with Crippen LogP contribution in [0.5, 0.6) is 0 Å². The van der Waals surface area contributed by atoms with E-state index in [1.165, 1.54) is 183 Å². The molecule has 0 unspecified atom stereocenters. The highest BCUT2D eigenvalue weighted by atomic mass is 15.1. The summed E-state index contributed by atoms with van der Waals surface area (Å²) >= 11 is 0. The second-order valence-corrected chi connectivity index (χ2v) is 19.4. The lowest BCUT2D eigenvalue weighted by molar-refractivity contribution is 0.398. The Bertz CT molecular complexity index is 2320. The van der Waals surface area contributed by atoms with E-state index in [1.807, 2.05) is 0 Å². The molecule has 1 aliphatic carbocycles. The maximum atomic E-state index is 2.62. The first-order valence-electron chi connectivity index (χ1n) is 26.1. The molecule has 65 heavy (non-hydrogen) atoms. The fourth-order valence-electron chi connectivity index (χ4n) is 10.6. The fourth-order valence-corrected chi connectivity index (χ4v) is 10.6. The summed E-state index contributed by atoms with van der Waals surface area (Å²) in [5.74, 6) is 0. The number of rotatable bonds is 26. The zero-order valence-electron chi connectivity index (χ0n) is 41.2. The largest absolute Gasteiger partial charge is 0.345 e. The minimum Gasteiger partial charge on any atom is -0.345 e. The highest BCUT2D eigenvalue weighted by molar-refractivity contribution is 5.86.